The van der Waals surface area contributed by atoms with E-state index in [4.69, 9.17) is 14.2 Å². The second-order valence-corrected chi connectivity index (χ2v) is 7.04. The van der Waals surface area contributed by atoms with Gasteiger partial charge in [-0.25, -0.2) is 0 Å². The molecule has 0 unspecified atom stereocenters. The zero-order valence-electron chi connectivity index (χ0n) is 17.3. The predicted octanol–water partition coefficient (Wildman–Crippen LogP) is 2.26. The Morgan fingerprint density at radius 3 is 2.52 bits per heavy atom. The number of anilines is 2. The number of hydrogen-bond acceptors (Lipinski definition) is 6. The molecule has 2 aliphatic rings. The van der Waals surface area contributed by atoms with E-state index in [9.17, 15) is 14.4 Å². The van der Waals surface area contributed by atoms with Crippen LogP contribution in [0.15, 0.2) is 36.4 Å². The Hall–Kier alpha value is -3.75. The molecular weight excluding hydrogens is 402 g/mol. The first-order chi connectivity index (χ1) is 15.0. The number of ether oxygens (including phenoxy) is 3. The first-order valence-corrected chi connectivity index (χ1v) is 10.1. The van der Waals surface area contributed by atoms with E-state index in [1.807, 2.05) is 13.8 Å². The maximum Gasteiger partial charge on any atom is 0.265 e. The molecule has 162 valence electrons. The van der Waals surface area contributed by atoms with Gasteiger partial charge in [0.25, 0.3) is 11.8 Å². The number of carbonyl (C=O) groups excluding carboxylic acids is 3. The molecule has 0 bridgehead atoms. The Morgan fingerprint density at radius 1 is 1.00 bits per heavy atom. The third kappa shape index (κ3) is 4.11. The van der Waals surface area contributed by atoms with Gasteiger partial charge in [-0.15, -0.1) is 0 Å². The Morgan fingerprint density at radius 2 is 1.74 bits per heavy atom. The van der Waals surface area contributed by atoms with E-state index < -0.39 is 0 Å². The van der Waals surface area contributed by atoms with Crippen LogP contribution in [0.3, 0.4) is 0 Å². The molecule has 9 heteroatoms. The van der Waals surface area contributed by atoms with Crippen LogP contribution in [0.25, 0.3) is 0 Å². The molecule has 0 atom stereocenters. The molecule has 0 fully saturated rings. The first kappa shape index (κ1) is 20.5. The van der Waals surface area contributed by atoms with Crippen molar-refractivity contribution in [3.8, 4) is 17.2 Å². The molecule has 1 N–H and O–H groups in total. The van der Waals surface area contributed by atoms with Gasteiger partial charge in [0.2, 0.25) is 12.7 Å². The molecule has 0 saturated carbocycles. The second kappa shape index (κ2) is 8.55. The summed E-state index contributed by atoms with van der Waals surface area (Å²) in [5.74, 6) is 0.779. The summed E-state index contributed by atoms with van der Waals surface area (Å²) in [6.45, 7) is 4.80. The van der Waals surface area contributed by atoms with Gasteiger partial charge in [-0.3, -0.25) is 19.3 Å². The highest BCUT2D eigenvalue weighted by Crippen LogP contribution is 2.35. The fourth-order valence-corrected chi connectivity index (χ4v) is 3.51. The molecule has 0 spiro atoms. The molecule has 2 aromatic rings. The first-order valence-electron chi connectivity index (χ1n) is 10.1. The average molecular weight is 425 g/mol. The van der Waals surface area contributed by atoms with E-state index in [-0.39, 0.29) is 37.7 Å². The van der Waals surface area contributed by atoms with Gasteiger partial charge in [-0.2, -0.15) is 0 Å². The summed E-state index contributed by atoms with van der Waals surface area (Å²) in [6, 6.07) is 9.92. The topological polar surface area (TPSA) is 97.4 Å². The van der Waals surface area contributed by atoms with Gasteiger partial charge in [0.05, 0.1) is 5.69 Å². The molecule has 3 amide bonds. The average Bonchev–Trinajstić information content (AvgIpc) is 3.24. The molecule has 31 heavy (non-hydrogen) atoms. The maximum absolute atomic E-state index is 12.7. The Kier molecular flexibility index (Phi) is 5.66. The highest BCUT2D eigenvalue weighted by molar-refractivity contribution is 6.06. The quantitative estimate of drug-likeness (QED) is 0.763. The van der Waals surface area contributed by atoms with E-state index in [2.05, 4.69) is 5.32 Å². The van der Waals surface area contributed by atoms with Crippen molar-refractivity contribution in [3.05, 3.63) is 42.0 Å². The van der Waals surface area contributed by atoms with E-state index in [1.165, 1.54) is 4.90 Å². The van der Waals surface area contributed by atoms with E-state index >= 15 is 0 Å². The highest BCUT2D eigenvalue weighted by atomic mass is 16.7. The van der Waals surface area contributed by atoms with Crippen LogP contribution in [-0.4, -0.2) is 55.7 Å². The van der Waals surface area contributed by atoms with Gasteiger partial charge < -0.3 is 24.4 Å². The SMILES string of the molecule is CCN(CC)C(=O)CN1C(=O)COc2ccc(NC(=O)c3ccc4c(c3)OCO4)cc21. The van der Waals surface area contributed by atoms with Gasteiger partial charge in [-0.1, -0.05) is 0 Å². The molecular formula is C22H23N3O6. The van der Waals surface area contributed by atoms with Crippen LogP contribution in [0.5, 0.6) is 17.2 Å². The third-order valence-corrected chi connectivity index (χ3v) is 5.20. The molecule has 0 saturated heterocycles. The lowest BCUT2D eigenvalue weighted by molar-refractivity contribution is -0.131. The molecule has 0 aromatic heterocycles. The number of benzene rings is 2. The van der Waals surface area contributed by atoms with Crippen LogP contribution >= 0.6 is 0 Å². The Balaban J connectivity index is 1.55. The van der Waals surface area contributed by atoms with Crippen molar-refractivity contribution in [2.45, 2.75) is 13.8 Å². The molecule has 0 aliphatic carbocycles. The van der Waals surface area contributed by atoms with Crippen LogP contribution in [0.2, 0.25) is 0 Å². The monoisotopic (exact) mass is 425 g/mol. The molecule has 2 heterocycles. The number of nitrogens with zero attached hydrogens (tertiary/aromatic N) is 2. The molecule has 2 aliphatic heterocycles. The number of amides is 3. The van der Waals surface area contributed by atoms with E-state index in [0.29, 0.717) is 47.3 Å². The minimum Gasteiger partial charge on any atom is -0.482 e. The normalized spacial score (nSPS) is 14.0. The van der Waals surface area contributed by atoms with Crippen LogP contribution < -0.4 is 24.4 Å². The largest absolute Gasteiger partial charge is 0.482 e. The van der Waals surface area contributed by atoms with Crippen LogP contribution in [0.4, 0.5) is 11.4 Å². The van der Waals surface area contributed by atoms with Crippen molar-refractivity contribution < 1.29 is 28.6 Å². The number of nitrogens with one attached hydrogen (secondary N) is 1. The van der Waals surface area contributed by atoms with E-state index in [1.54, 1.807) is 41.3 Å². The summed E-state index contributed by atoms with van der Waals surface area (Å²) in [5, 5.41) is 2.81. The molecule has 0 radical (unpaired) electrons. The third-order valence-electron chi connectivity index (χ3n) is 5.20. The fraction of sp³-hybridized carbons (Fsp3) is 0.318. The summed E-state index contributed by atoms with van der Waals surface area (Å²) in [4.78, 5) is 40.8. The lowest BCUT2D eigenvalue weighted by atomic mass is 10.1. The standard InChI is InChI=1S/C22H23N3O6/c1-3-24(4-2)20(26)11-25-16-10-15(6-8-17(16)29-12-21(25)27)23-22(28)14-5-7-18-19(9-14)31-13-30-18/h5-10H,3-4,11-13H2,1-2H3,(H,23,28). The number of rotatable bonds is 6. The zero-order chi connectivity index (χ0) is 22.0. The van der Waals surface area contributed by atoms with Crippen LogP contribution in [0.1, 0.15) is 24.2 Å². The van der Waals surface area contributed by atoms with Crippen molar-refractivity contribution in [2.75, 3.05) is 43.3 Å². The smallest absolute Gasteiger partial charge is 0.265 e. The van der Waals surface area contributed by atoms with Gasteiger partial charge in [0, 0.05) is 24.3 Å². The zero-order valence-corrected chi connectivity index (χ0v) is 17.3. The number of likely N-dealkylation sites (N-methyl/N-ethyl adjacent to an activating group) is 1. The summed E-state index contributed by atoms with van der Waals surface area (Å²) in [6.07, 6.45) is 0. The summed E-state index contributed by atoms with van der Waals surface area (Å²) in [5.41, 5.74) is 1.32. The van der Waals surface area contributed by atoms with Gasteiger partial charge in [0.15, 0.2) is 18.1 Å². The second-order valence-electron chi connectivity index (χ2n) is 7.04. The molecule has 2 aromatic carbocycles. The van der Waals surface area contributed by atoms with Gasteiger partial charge in [-0.05, 0) is 50.2 Å². The Bertz CT molecular complexity index is 1030. The minimum atomic E-state index is -0.341. The maximum atomic E-state index is 12.7. The lowest BCUT2D eigenvalue weighted by Crippen LogP contribution is -2.46. The highest BCUT2D eigenvalue weighted by Gasteiger charge is 2.29. The van der Waals surface area contributed by atoms with Crippen molar-refractivity contribution in [2.24, 2.45) is 0 Å². The van der Waals surface area contributed by atoms with Crippen LogP contribution in [-0.2, 0) is 9.59 Å². The van der Waals surface area contributed by atoms with Crippen molar-refractivity contribution in [1.29, 1.82) is 0 Å². The number of carbonyl (C=O) groups is 3. The van der Waals surface area contributed by atoms with Crippen molar-refractivity contribution in [1.82, 2.24) is 4.90 Å². The Labute approximate surface area is 179 Å². The molecule has 9 nitrogen and oxygen atoms in total. The van der Waals surface area contributed by atoms with Crippen molar-refractivity contribution >= 4 is 29.1 Å². The summed E-state index contributed by atoms with van der Waals surface area (Å²) < 4.78 is 16.1. The van der Waals surface area contributed by atoms with Gasteiger partial charge >= 0.3 is 0 Å². The summed E-state index contributed by atoms with van der Waals surface area (Å²) in [7, 11) is 0. The van der Waals surface area contributed by atoms with Crippen LogP contribution in [0, 0.1) is 0 Å². The minimum absolute atomic E-state index is 0.0869. The predicted molar refractivity (Wildman–Crippen MR) is 113 cm³/mol. The number of fused-ring (bicyclic) bond motifs is 2. The summed E-state index contributed by atoms with van der Waals surface area (Å²) >= 11 is 0. The van der Waals surface area contributed by atoms with E-state index in [0.717, 1.165) is 0 Å². The fourth-order valence-electron chi connectivity index (χ4n) is 3.51. The lowest BCUT2D eigenvalue weighted by Gasteiger charge is -2.31. The van der Waals surface area contributed by atoms with Gasteiger partial charge in [0.1, 0.15) is 12.3 Å². The molecule has 4 rings (SSSR count). The number of hydrogen-bond donors (Lipinski definition) is 1. The van der Waals surface area contributed by atoms with Crippen molar-refractivity contribution in [3.63, 3.8) is 0 Å².